The van der Waals surface area contributed by atoms with Crippen LogP contribution in [0.15, 0.2) is 9.95 Å². The van der Waals surface area contributed by atoms with E-state index < -0.39 is 0 Å². The van der Waals surface area contributed by atoms with E-state index in [2.05, 4.69) is 6.92 Å². The van der Waals surface area contributed by atoms with Gasteiger partial charge in [-0.1, -0.05) is 18.7 Å². The molecule has 2 atom stereocenters. The van der Waals surface area contributed by atoms with Crippen LogP contribution in [0, 0.1) is 5.92 Å². The van der Waals surface area contributed by atoms with Gasteiger partial charge in [-0.2, -0.15) is 0 Å². The number of nitrogens with zero attached hydrogens (tertiary/aromatic N) is 3. The van der Waals surface area contributed by atoms with E-state index in [1.807, 2.05) is 18.7 Å². The summed E-state index contributed by atoms with van der Waals surface area (Å²) in [6.07, 6.45) is 6.56. The molecule has 1 aliphatic carbocycles. The van der Waals surface area contributed by atoms with Crippen LogP contribution in [-0.2, 0) is 24.2 Å². The van der Waals surface area contributed by atoms with Crippen molar-refractivity contribution in [2.45, 2.75) is 76.2 Å². The normalized spacial score (nSPS) is 21.0. The van der Waals surface area contributed by atoms with E-state index in [1.54, 1.807) is 15.9 Å². The van der Waals surface area contributed by atoms with E-state index >= 15 is 0 Å². The Morgan fingerprint density at radius 1 is 1.32 bits per heavy atom. The van der Waals surface area contributed by atoms with E-state index in [4.69, 9.17) is 4.98 Å². The van der Waals surface area contributed by atoms with Gasteiger partial charge in [0.2, 0.25) is 5.91 Å². The summed E-state index contributed by atoms with van der Waals surface area (Å²) in [4.78, 5) is 35.1. The van der Waals surface area contributed by atoms with Crippen LogP contribution in [0.2, 0.25) is 0 Å². The number of fused-ring (bicyclic) bond motifs is 3. The number of hydrogen-bond acceptors (Lipinski definition) is 5. The maximum Gasteiger partial charge on any atom is 0.263 e. The monoisotopic (exact) mass is 419 g/mol. The van der Waals surface area contributed by atoms with Crippen molar-refractivity contribution in [3.8, 4) is 0 Å². The second kappa shape index (κ2) is 8.19. The van der Waals surface area contributed by atoms with E-state index in [-0.39, 0.29) is 16.7 Å². The van der Waals surface area contributed by atoms with E-state index in [0.717, 1.165) is 55.4 Å². The second-order valence-electron chi connectivity index (χ2n) is 8.12. The fourth-order valence-corrected chi connectivity index (χ4v) is 6.83. The van der Waals surface area contributed by atoms with Crippen LogP contribution < -0.4 is 5.56 Å². The number of rotatable bonds is 4. The van der Waals surface area contributed by atoms with Gasteiger partial charge in [0.15, 0.2) is 5.16 Å². The molecule has 1 amide bonds. The molecule has 0 aromatic carbocycles. The molecule has 4 rings (SSSR count). The summed E-state index contributed by atoms with van der Waals surface area (Å²) in [7, 11) is 0. The van der Waals surface area contributed by atoms with Gasteiger partial charge in [0.25, 0.3) is 5.56 Å². The first kappa shape index (κ1) is 20.0. The minimum absolute atomic E-state index is 0.0691. The second-order valence-corrected chi connectivity index (χ2v) is 10.5. The molecule has 1 saturated heterocycles. The lowest BCUT2D eigenvalue weighted by atomic mass is 9.89. The Morgan fingerprint density at radius 3 is 2.79 bits per heavy atom. The Bertz CT molecular complexity index is 943. The fourth-order valence-electron chi connectivity index (χ4n) is 4.35. The Hall–Kier alpha value is -1.34. The molecular formula is C21H29N3O2S2. The van der Waals surface area contributed by atoms with Gasteiger partial charge in [-0.25, -0.2) is 4.98 Å². The Kier molecular flexibility index (Phi) is 5.83. The minimum Gasteiger partial charge on any atom is -0.342 e. The highest BCUT2D eigenvalue weighted by molar-refractivity contribution is 8.00. The number of amides is 1. The maximum atomic E-state index is 13.3. The Labute approximate surface area is 174 Å². The highest BCUT2D eigenvalue weighted by Gasteiger charge is 2.27. The molecular weight excluding hydrogens is 390 g/mol. The molecule has 0 spiro atoms. The molecule has 0 unspecified atom stereocenters. The molecule has 2 aliphatic rings. The van der Waals surface area contributed by atoms with Crippen LogP contribution >= 0.6 is 23.1 Å². The van der Waals surface area contributed by atoms with Crippen molar-refractivity contribution in [3.63, 3.8) is 0 Å². The summed E-state index contributed by atoms with van der Waals surface area (Å²) >= 11 is 3.12. The Balaban J connectivity index is 1.67. The molecule has 7 heteroatoms. The molecule has 2 aromatic heterocycles. The standard InChI is InChI=1S/C21H29N3O2S2/c1-4-24-20(26)17-15-9-8-13(2)12-16(15)28-18(17)22-21(24)27-14(3)19(25)23-10-6-5-7-11-23/h13-14H,4-12H2,1-3H3/t13-,14+/m1/s1. The third-order valence-corrected chi connectivity index (χ3v) is 8.22. The minimum atomic E-state index is -0.227. The van der Waals surface area contributed by atoms with Gasteiger partial charge in [-0.3, -0.25) is 14.2 Å². The molecule has 0 saturated carbocycles. The molecule has 5 nitrogen and oxygen atoms in total. The molecule has 152 valence electrons. The zero-order valence-corrected chi connectivity index (χ0v) is 18.6. The highest BCUT2D eigenvalue weighted by atomic mass is 32.2. The molecule has 1 fully saturated rings. The first-order valence-corrected chi connectivity index (χ1v) is 12.2. The molecule has 0 bridgehead atoms. The summed E-state index contributed by atoms with van der Waals surface area (Å²) in [5, 5.41) is 1.28. The van der Waals surface area contributed by atoms with Gasteiger partial charge in [-0.15, -0.1) is 11.3 Å². The van der Waals surface area contributed by atoms with Crippen LogP contribution in [0.4, 0.5) is 0 Å². The predicted octanol–water partition coefficient (Wildman–Crippen LogP) is 4.10. The van der Waals surface area contributed by atoms with Crippen molar-refractivity contribution in [1.29, 1.82) is 0 Å². The summed E-state index contributed by atoms with van der Waals surface area (Å²) in [5.41, 5.74) is 1.30. The third-order valence-electron chi connectivity index (χ3n) is 5.99. The van der Waals surface area contributed by atoms with Gasteiger partial charge in [0, 0.05) is 24.5 Å². The summed E-state index contributed by atoms with van der Waals surface area (Å²) in [5.74, 6) is 0.839. The number of carbonyl (C=O) groups is 1. The quantitative estimate of drug-likeness (QED) is 0.553. The van der Waals surface area contributed by atoms with Crippen LogP contribution in [0.25, 0.3) is 10.2 Å². The number of thiophene rings is 1. The SMILES string of the molecule is CCn1c(S[C@@H](C)C(=O)N2CCCCC2)nc2sc3c(c2c1=O)CC[C@@H](C)C3. The molecule has 2 aromatic rings. The van der Waals surface area contributed by atoms with Crippen LogP contribution in [0.3, 0.4) is 0 Å². The fraction of sp³-hybridized carbons (Fsp3) is 0.667. The van der Waals surface area contributed by atoms with E-state index in [9.17, 15) is 9.59 Å². The first-order valence-electron chi connectivity index (χ1n) is 10.5. The number of thioether (sulfide) groups is 1. The van der Waals surface area contributed by atoms with E-state index in [0.29, 0.717) is 17.6 Å². The molecule has 28 heavy (non-hydrogen) atoms. The van der Waals surface area contributed by atoms with Crippen molar-refractivity contribution in [3.05, 3.63) is 20.8 Å². The molecule has 1 aliphatic heterocycles. The lowest BCUT2D eigenvalue weighted by Crippen LogP contribution is -2.40. The van der Waals surface area contributed by atoms with Crippen molar-refractivity contribution < 1.29 is 4.79 Å². The molecule has 0 radical (unpaired) electrons. The summed E-state index contributed by atoms with van der Waals surface area (Å²) in [6.45, 7) is 8.49. The first-order chi connectivity index (χ1) is 13.5. The average Bonchev–Trinajstić information content (AvgIpc) is 3.05. The van der Waals surface area contributed by atoms with Gasteiger partial charge < -0.3 is 4.90 Å². The number of aromatic nitrogens is 2. The van der Waals surface area contributed by atoms with Gasteiger partial charge in [0.1, 0.15) is 4.83 Å². The zero-order chi connectivity index (χ0) is 19.8. The van der Waals surface area contributed by atoms with Gasteiger partial charge in [-0.05, 0) is 63.9 Å². The van der Waals surface area contributed by atoms with Crippen LogP contribution in [0.5, 0.6) is 0 Å². The summed E-state index contributed by atoms with van der Waals surface area (Å²) in [6, 6.07) is 0. The van der Waals surface area contributed by atoms with Crippen molar-refractivity contribution in [2.24, 2.45) is 5.92 Å². The lowest BCUT2D eigenvalue weighted by molar-refractivity contribution is -0.131. The van der Waals surface area contributed by atoms with Crippen molar-refractivity contribution >= 4 is 39.2 Å². The zero-order valence-electron chi connectivity index (χ0n) is 17.0. The largest absolute Gasteiger partial charge is 0.342 e. The van der Waals surface area contributed by atoms with Crippen LogP contribution in [-0.4, -0.2) is 38.7 Å². The van der Waals surface area contributed by atoms with Crippen molar-refractivity contribution in [1.82, 2.24) is 14.5 Å². The topological polar surface area (TPSA) is 55.2 Å². The highest BCUT2D eigenvalue weighted by Crippen LogP contribution is 2.37. The predicted molar refractivity (Wildman–Crippen MR) is 116 cm³/mol. The Morgan fingerprint density at radius 2 is 2.07 bits per heavy atom. The maximum absolute atomic E-state index is 13.3. The number of aryl methyl sites for hydroxylation is 1. The number of likely N-dealkylation sites (tertiary alicyclic amines) is 1. The molecule has 3 heterocycles. The van der Waals surface area contributed by atoms with E-state index in [1.165, 1.54) is 28.6 Å². The van der Waals surface area contributed by atoms with Gasteiger partial charge in [0.05, 0.1) is 10.6 Å². The third kappa shape index (κ3) is 3.63. The van der Waals surface area contributed by atoms with Crippen molar-refractivity contribution in [2.75, 3.05) is 13.1 Å². The number of carbonyl (C=O) groups excluding carboxylic acids is 1. The van der Waals surface area contributed by atoms with Gasteiger partial charge >= 0.3 is 0 Å². The average molecular weight is 420 g/mol. The van der Waals surface area contributed by atoms with Crippen LogP contribution in [0.1, 0.15) is 56.9 Å². The number of hydrogen-bond donors (Lipinski definition) is 0. The number of piperidine rings is 1. The summed E-state index contributed by atoms with van der Waals surface area (Å²) < 4.78 is 1.76. The lowest BCUT2D eigenvalue weighted by Gasteiger charge is -2.29. The molecule has 0 N–H and O–H groups in total. The smallest absolute Gasteiger partial charge is 0.263 e.